The number of nitrogens with one attached hydrogen (secondary N) is 1. The molecule has 6 saturated heterocycles. The molecule has 5 aromatic rings. The summed E-state index contributed by atoms with van der Waals surface area (Å²) >= 11 is 0. The number of piperidine rings is 2. The second-order valence-electron chi connectivity index (χ2n) is 25.9. The molecule has 0 spiro atoms. The molecular weight excluding hydrogens is 993 g/mol. The number of morpholine rings is 1. The van der Waals surface area contributed by atoms with E-state index in [2.05, 4.69) is 182 Å². The lowest BCUT2D eigenvalue weighted by molar-refractivity contribution is 0.0305. The number of hydrogen-bond donors (Lipinski definition) is 3. The van der Waals surface area contributed by atoms with Gasteiger partial charge in [-0.05, 0) is 180 Å². The van der Waals surface area contributed by atoms with Gasteiger partial charge in [0.2, 0.25) is 0 Å². The molecule has 13 heterocycles. The van der Waals surface area contributed by atoms with Crippen molar-refractivity contribution in [3.63, 3.8) is 0 Å². The Morgan fingerprint density at radius 1 is 0.487 bits per heavy atom. The van der Waals surface area contributed by atoms with Crippen molar-refractivity contribution in [1.82, 2.24) is 35.1 Å². The van der Waals surface area contributed by atoms with E-state index in [4.69, 9.17) is 9.72 Å². The largest absolute Gasteiger partial charge is 0.393 e. The van der Waals surface area contributed by atoms with Gasteiger partial charge in [0.05, 0.1) is 71.5 Å². The maximum atomic E-state index is 9.83. The Labute approximate surface area is 480 Å². The summed E-state index contributed by atoms with van der Waals surface area (Å²) in [5.41, 5.74) is 15.0. The molecule has 0 radical (unpaired) electrons. The van der Waals surface area contributed by atoms with Crippen molar-refractivity contribution < 1.29 is 14.9 Å². The fourth-order valence-electron chi connectivity index (χ4n) is 13.2. The van der Waals surface area contributed by atoms with Crippen LogP contribution in [0.3, 0.4) is 0 Å². The van der Waals surface area contributed by atoms with Crippen molar-refractivity contribution in [1.29, 1.82) is 0 Å². The summed E-state index contributed by atoms with van der Waals surface area (Å²) in [6.45, 7) is 28.1. The van der Waals surface area contributed by atoms with Crippen molar-refractivity contribution >= 4 is 17.1 Å². The van der Waals surface area contributed by atoms with E-state index in [1.807, 2.05) is 18.6 Å². The van der Waals surface area contributed by atoms with Crippen molar-refractivity contribution in [2.45, 2.75) is 238 Å². The summed E-state index contributed by atoms with van der Waals surface area (Å²) in [5, 5.41) is 23.0. The highest BCUT2D eigenvalue weighted by molar-refractivity contribution is 5.51. The van der Waals surface area contributed by atoms with Crippen molar-refractivity contribution in [2.24, 2.45) is 0 Å². The molecule has 2 unspecified atom stereocenters. The number of ether oxygens (including phenoxy) is 1. The number of aliphatic hydroxyl groups excluding tert-OH is 2. The number of likely N-dealkylation sites (N-methyl/N-ethyl adjacent to an activating group) is 1. The minimum absolute atomic E-state index is 0.0957. The van der Waals surface area contributed by atoms with Gasteiger partial charge in [-0.1, -0.05) is 81.4 Å². The predicted octanol–water partition coefficient (Wildman–Crippen LogP) is 12.0. The van der Waals surface area contributed by atoms with Crippen LogP contribution in [-0.2, 0) is 30.7 Å². The maximum Gasteiger partial charge on any atom is 0.0755 e. The second-order valence-corrected chi connectivity index (χ2v) is 25.9. The van der Waals surface area contributed by atoms with E-state index in [-0.39, 0.29) is 12.2 Å². The predicted molar refractivity (Wildman–Crippen MR) is 326 cm³/mol. The van der Waals surface area contributed by atoms with E-state index >= 15 is 0 Å². The van der Waals surface area contributed by atoms with E-state index in [0.29, 0.717) is 66.0 Å². The van der Waals surface area contributed by atoms with Crippen LogP contribution in [0.25, 0.3) is 0 Å². The molecule has 13 nitrogen and oxygen atoms in total. The van der Waals surface area contributed by atoms with Gasteiger partial charge < -0.3 is 39.9 Å². The number of hydrogen-bond acceptors (Lipinski definition) is 13. The third-order valence-electron chi connectivity index (χ3n) is 17.9. The smallest absolute Gasteiger partial charge is 0.0755 e. The average Bonchev–Trinajstić information content (AvgIpc) is 4.05. The molecule has 6 fully saturated rings. The first kappa shape index (κ1) is 59.6. The van der Waals surface area contributed by atoms with E-state index in [9.17, 15) is 10.2 Å². The Morgan fingerprint density at radius 2 is 0.887 bits per heavy atom. The number of aliphatic hydroxyl groups is 2. The summed E-state index contributed by atoms with van der Waals surface area (Å²) in [6, 6.07) is 23.9. The van der Waals surface area contributed by atoms with Gasteiger partial charge in [0.25, 0.3) is 0 Å². The molecule has 8 atom stereocenters. The van der Waals surface area contributed by atoms with Crippen LogP contribution in [0.1, 0.15) is 214 Å². The van der Waals surface area contributed by atoms with Crippen LogP contribution in [-0.4, -0.2) is 122 Å². The molecule has 0 aromatic carbocycles. The summed E-state index contributed by atoms with van der Waals surface area (Å²) in [6.07, 6.45) is 20.0. The van der Waals surface area contributed by atoms with Gasteiger partial charge in [0.1, 0.15) is 0 Å². The van der Waals surface area contributed by atoms with Crippen LogP contribution >= 0.6 is 0 Å². The van der Waals surface area contributed by atoms with E-state index in [1.54, 1.807) is 0 Å². The first-order chi connectivity index (χ1) is 38.5. The highest BCUT2D eigenvalue weighted by Gasteiger charge is 2.42. The normalized spacial score (nSPS) is 25.5. The summed E-state index contributed by atoms with van der Waals surface area (Å²) in [7, 11) is 2.16. The van der Waals surface area contributed by atoms with E-state index < -0.39 is 0 Å². The van der Waals surface area contributed by atoms with Gasteiger partial charge in [-0.15, -0.1) is 0 Å². The monoisotopic (exact) mass is 1090 g/mol. The highest BCUT2D eigenvalue weighted by Crippen LogP contribution is 2.41. The third-order valence-corrected chi connectivity index (χ3v) is 17.9. The van der Waals surface area contributed by atoms with Gasteiger partial charge in [-0.25, -0.2) is 0 Å². The number of rotatable bonds is 8. The molecule has 8 aliphatic heterocycles. The fourth-order valence-corrected chi connectivity index (χ4v) is 13.2. The summed E-state index contributed by atoms with van der Waals surface area (Å²) < 4.78 is 5.85. The molecule has 13 rings (SSSR count). The quantitative estimate of drug-likeness (QED) is 0.136. The van der Waals surface area contributed by atoms with Crippen molar-refractivity contribution in [3.05, 3.63) is 130 Å². The van der Waals surface area contributed by atoms with Crippen LogP contribution in [0.15, 0.2) is 79.3 Å². The van der Waals surface area contributed by atoms with E-state index in [1.165, 1.54) is 95.2 Å². The van der Waals surface area contributed by atoms with Gasteiger partial charge in [0.15, 0.2) is 0 Å². The number of pyridine rings is 5. The van der Waals surface area contributed by atoms with Crippen LogP contribution in [0.2, 0.25) is 0 Å². The standard InChI is InChI=1S/2C15H22N2O.C14H20N2O.C12H18N2.C11H16N2/c2*1-10(2)15-6-5-13(9-16-15)17-11-3-4-12(17)8-14(18)7-11;1-10(2)14-6-3-11(7-15-14)16-8-12-4-5-13(9-16)17-12;1-9(2)11-5-4-10-6-7-14(3)8-12(10)13-11;1-8(2)10-4-3-9-5-6-12-7-11(9)13-10/h2*5-6,9-12,14,18H,3-4,7-8H2,1-2H3;3,6-7,10,12-13H,4-5,8-9H2,1-2H3;4-5,9H,6-8H2,1-3H3;3-4,8,12H,5-7H2,1-2H3/t2*11-,12+,14?;12-,13+;;. The topological polar surface area (TPSA) is 139 Å². The lowest BCUT2D eigenvalue weighted by atomic mass is 9.99. The maximum absolute atomic E-state index is 9.83. The van der Waals surface area contributed by atoms with Gasteiger partial charge >= 0.3 is 0 Å². The molecule has 434 valence electrons. The van der Waals surface area contributed by atoms with Gasteiger partial charge in [-0.2, -0.15) is 0 Å². The molecule has 3 N–H and O–H groups in total. The van der Waals surface area contributed by atoms with Crippen LogP contribution in [0, 0.1) is 0 Å². The molecular formula is C67H98N10O3. The Morgan fingerprint density at radius 3 is 1.30 bits per heavy atom. The Balaban J connectivity index is 0.000000122. The average molecular weight is 1090 g/mol. The minimum atomic E-state index is -0.0957. The Kier molecular flexibility index (Phi) is 20.4. The lowest BCUT2D eigenvalue weighted by Gasteiger charge is -2.38. The third kappa shape index (κ3) is 15.1. The number of aromatic nitrogens is 5. The Hall–Kier alpha value is -5.05. The zero-order chi connectivity index (χ0) is 56.6. The van der Waals surface area contributed by atoms with Crippen LogP contribution < -0.4 is 20.0 Å². The fraction of sp³-hybridized carbons (Fsp3) is 0.627. The minimum Gasteiger partial charge on any atom is -0.393 e. The summed E-state index contributed by atoms with van der Waals surface area (Å²) in [5.74, 6) is 2.54. The SMILES string of the molecule is CC(C)c1ccc(N2C[C@H]3CC[C@@H](C2)O3)cn1.CC(C)c1ccc(N2[C@@H]3CC[C@H]2CC(O)C3)cn1.CC(C)c1ccc(N2[C@@H]3CC[C@H]2CC(O)C3)cn1.CC(C)c1ccc2c(n1)CN(C)CC2.CC(C)c1ccc2c(n1)CNCC2. The molecule has 6 bridgehead atoms. The Bertz CT molecular complexity index is 2590. The summed E-state index contributed by atoms with van der Waals surface area (Å²) in [4.78, 5) is 32.8. The zero-order valence-electron chi connectivity index (χ0n) is 50.6. The van der Waals surface area contributed by atoms with Gasteiger partial charge in [0, 0.05) is 85.4 Å². The molecule has 5 aromatic heterocycles. The molecule has 0 amide bonds. The number of nitrogens with zero attached hydrogens (tertiary/aromatic N) is 9. The second kappa shape index (κ2) is 27.4. The molecule has 0 aliphatic carbocycles. The van der Waals surface area contributed by atoms with Crippen molar-refractivity contribution in [3.8, 4) is 0 Å². The molecule has 80 heavy (non-hydrogen) atoms. The lowest BCUT2D eigenvalue weighted by Crippen LogP contribution is -2.44. The first-order valence-corrected chi connectivity index (χ1v) is 31.0. The number of fused-ring (bicyclic) bond motifs is 8. The van der Waals surface area contributed by atoms with Crippen LogP contribution in [0.5, 0.6) is 0 Å². The van der Waals surface area contributed by atoms with Crippen LogP contribution in [0.4, 0.5) is 17.1 Å². The highest BCUT2D eigenvalue weighted by atomic mass is 16.5. The van der Waals surface area contributed by atoms with E-state index in [0.717, 1.165) is 89.2 Å². The number of anilines is 3. The van der Waals surface area contributed by atoms with Gasteiger partial charge in [-0.3, -0.25) is 24.9 Å². The van der Waals surface area contributed by atoms with Crippen molar-refractivity contribution in [2.75, 3.05) is 47.9 Å². The zero-order valence-corrected chi connectivity index (χ0v) is 50.6. The first-order valence-electron chi connectivity index (χ1n) is 31.0. The molecule has 0 saturated carbocycles. The molecule has 13 heteroatoms. The molecule has 8 aliphatic rings.